The van der Waals surface area contributed by atoms with E-state index in [4.69, 9.17) is 5.41 Å². The summed E-state index contributed by atoms with van der Waals surface area (Å²) in [4.78, 5) is 2.10. The number of hydrogen-bond acceptors (Lipinski definition) is 1. The Balaban J connectivity index is 2.71. The summed E-state index contributed by atoms with van der Waals surface area (Å²) < 4.78 is 0. The smallest absolute Gasteiger partial charge is 0.132 e. The Bertz CT molecular complexity index is 263. The van der Waals surface area contributed by atoms with Gasteiger partial charge >= 0.3 is 0 Å². The Labute approximate surface area is 86.8 Å². The number of nitrogens with one attached hydrogen (secondary N) is 1. The molecule has 1 atom stereocenters. The van der Waals surface area contributed by atoms with Gasteiger partial charge in [0.25, 0.3) is 0 Å². The van der Waals surface area contributed by atoms with Crippen LogP contribution in [0.2, 0.25) is 0 Å². The van der Waals surface area contributed by atoms with Gasteiger partial charge in [0.05, 0.1) is 0 Å². The highest BCUT2D eigenvalue weighted by molar-refractivity contribution is 6.01. The summed E-state index contributed by atoms with van der Waals surface area (Å²) >= 11 is 0. The van der Waals surface area contributed by atoms with Crippen LogP contribution in [0.25, 0.3) is 0 Å². The van der Waals surface area contributed by atoms with Crippen molar-refractivity contribution in [2.45, 2.75) is 46.1 Å². The molecule has 0 fully saturated rings. The first kappa shape index (κ1) is 11.0. The number of amidine groups is 1. The second-order valence-corrected chi connectivity index (χ2v) is 3.67. The minimum atomic E-state index is 0.501. The predicted octanol–water partition coefficient (Wildman–Crippen LogP) is 3.32. The lowest BCUT2D eigenvalue weighted by atomic mass is 10.1. The highest BCUT2D eigenvalue weighted by atomic mass is 15.2. The van der Waals surface area contributed by atoms with Crippen LogP contribution in [-0.4, -0.2) is 16.8 Å². The van der Waals surface area contributed by atoms with Crippen molar-refractivity contribution >= 4 is 5.84 Å². The lowest BCUT2D eigenvalue weighted by molar-refractivity contribution is 0.366. The van der Waals surface area contributed by atoms with E-state index in [1.54, 1.807) is 0 Å². The van der Waals surface area contributed by atoms with E-state index in [1.807, 2.05) is 25.3 Å². The normalized spacial score (nSPS) is 20.9. The number of rotatable bonds is 4. The molecule has 0 bridgehead atoms. The first-order chi connectivity index (χ1) is 6.74. The number of allylic oxidation sites excluding steroid dienone is 1. The summed E-state index contributed by atoms with van der Waals surface area (Å²) in [6.07, 6.45) is 9.53. The first-order valence-corrected chi connectivity index (χ1v) is 5.46. The van der Waals surface area contributed by atoms with Crippen LogP contribution >= 0.6 is 0 Å². The van der Waals surface area contributed by atoms with Crippen LogP contribution in [0.5, 0.6) is 0 Å². The zero-order chi connectivity index (χ0) is 10.6. The summed E-state index contributed by atoms with van der Waals surface area (Å²) in [5.74, 6) is 0.660. The number of hydrogen-bond donors (Lipinski definition) is 1. The maximum atomic E-state index is 7.97. The molecular weight excluding hydrogens is 172 g/mol. The molecule has 0 saturated carbocycles. The second kappa shape index (κ2) is 4.99. The molecule has 1 aliphatic heterocycles. The van der Waals surface area contributed by atoms with Gasteiger partial charge in [-0.1, -0.05) is 26.3 Å². The molecule has 78 valence electrons. The van der Waals surface area contributed by atoms with Gasteiger partial charge in [-0.15, -0.1) is 0 Å². The van der Waals surface area contributed by atoms with Crippen molar-refractivity contribution in [1.29, 1.82) is 5.41 Å². The molecule has 0 aromatic heterocycles. The van der Waals surface area contributed by atoms with E-state index in [1.165, 1.54) is 12.8 Å². The van der Waals surface area contributed by atoms with E-state index < -0.39 is 0 Å². The minimum Gasteiger partial charge on any atom is -0.330 e. The molecule has 1 aliphatic rings. The van der Waals surface area contributed by atoms with E-state index >= 15 is 0 Å². The third-order valence-corrected chi connectivity index (χ3v) is 2.74. The van der Waals surface area contributed by atoms with Crippen molar-refractivity contribution < 1.29 is 0 Å². The molecule has 0 amide bonds. The fourth-order valence-corrected chi connectivity index (χ4v) is 1.87. The van der Waals surface area contributed by atoms with Crippen LogP contribution in [0.15, 0.2) is 23.9 Å². The van der Waals surface area contributed by atoms with Crippen LogP contribution in [-0.2, 0) is 0 Å². The van der Waals surface area contributed by atoms with Crippen molar-refractivity contribution in [3.05, 3.63) is 23.9 Å². The molecule has 0 radical (unpaired) electrons. The fourth-order valence-electron chi connectivity index (χ4n) is 1.87. The zero-order valence-electron chi connectivity index (χ0n) is 9.38. The molecule has 0 saturated heterocycles. The lowest BCUT2D eigenvalue weighted by Crippen LogP contribution is -2.32. The average molecular weight is 192 g/mol. The van der Waals surface area contributed by atoms with Crippen molar-refractivity contribution in [3.8, 4) is 0 Å². The third kappa shape index (κ3) is 2.06. The molecule has 14 heavy (non-hydrogen) atoms. The predicted molar refractivity (Wildman–Crippen MR) is 61.4 cm³/mol. The van der Waals surface area contributed by atoms with Crippen LogP contribution in [0.3, 0.4) is 0 Å². The monoisotopic (exact) mass is 192 g/mol. The summed E-state index contributed by atoms with van der Waals surface area (Å²) in [5.41, 5.74) is 1.04. The van der Waals surface area contributed by atoms with Crippen LogP contribution in [0, 0.1) is 5.41 Å². The summed E-state index contributed by atoms with van der Waals surface area (Å²) in [7, 11) is 0. The maximum absolute atomic E-state index is 7.97. The standard InChI is InChI=1S/C12H20N2/c1-4-7-11(6-3)14-9-8-10(5-2)12(14)13/h5,8-9,11,13H,4,6-7H2,1-3H3/b10-5-,13-12?. The van der Waals surface area contributed by atoms with Gasteiger partial charge in [0.1, 0.15) is 5.84 Å². The van der Waals surface area contributed by atoms with Gasteiger partial charge in [0.15, 0.2) is 0 Å². The van der Waals surface area contributed by atoms with Crippen LogP contribution < -0.4 is 0 Å². The molecule has 0 aliphatic carbocycles. The lowest BCUT2D eigenvalue weighted by Gasteiger charge is -2.26. The molecule has 0 spiro atoms. The maximum Gasteiger partial charge on any atom is 0.132 e. The molecule has 1 heterocycles. The Morgan fingerprint density at radius 1 is 1.50 bits per heavy atom. The zero-order valence-corrected chi connectivity index (χ0v) is 9.38. The van der Waals surface area contributed by atoms with Gasteiger partial charge in [0.2, 0.25) is 0 Å². The molecule has 0 aromatic carbocycles. The van der Waals surface area contributed by atoms with Crippen molar-refractivity contribution in [2.24, 2.45) is 0 Å². The van der Waals surface area contributed by atoms with Crippen LogP contribution in [0.1, 0.15) is 40.0 Å². The summed E-state index contributed by atoms with van der Waals surface area (Å²) in [6.45, 7) is 6.37. The highest BCUT2D eigenvalue weighted by Crippen LogP contribution is 2.21. The topological polar surface area (TPSA) is 27.1 Å². The van der Waals surface area contributed by atoms with E-state index in [9.17, 15) is 0 Å². The molecule has 0 aromatic rings. The Morgan fingerprint density at radius 3 is 2.64 bits per heavy atom. The van der Waals surface area contributed by atoms with Gasteiger partial charge in [-0.3, -0.25) is 5.41 Å². The fraction of sp³-hybridized carbons (Fsp3) is 0.583. The third-order valence-electron chi connectivity index (χ3n) is 2.74. The van der Waals surface area contributed by atoms with E-state index in [-0.39, 0.29) is 0 Å². The summed E-state index contributed by atoms with van der Waals surface area (Å²) in [5, 5.41) is 7.97. The minimum absolute atomic E-state index is 0.501. The van der Waals surface area contributed by atoms with Crippen LogP contribution in [0.4, 0.5) is 0 Å². The quantitative estimate of drug-likeness (QED) is 0.727. The van der Waals surface area contributed by atoms with E-state index in [0.717, 1.165) is 12.0 Å². The van der Waals surface area contributed by atoms with E-state index in [2.05, 4.69) is 18.7 Å². The summed E-state index contributed by atoms with van der Waals surface area (Å²) in [6, 6.07) is 0.501. The van der Waals surface area contributed by atoms with Gasteiger partial charge < -0.3 is 4.90 Å². The Kier molecular flexibility index (Phi) is 3.93. The Morgan fingerprint density at radius 2 is 2.21 bits per heavy atom. The Hall–Kier alpha value is -1.05. The molecule has 2 nitrogen and oxygen atoms in total. The van der Waals surface area contributed by atoms with E-state index in [0.29, 0.717) is 11.9 Å². The second-order valence-electron chi connectivity index (χ2n) is 3.67. The van der Waals surface area contributed by atoms with Crippen molar-refractivity contribution in [2.75, 3.05) is 0 Å². The van der Waals surface area contributed by atoms with Gasteiger partial charge in [0, 0.05) is 17.8 Å². The van der Waals surface area contributed by atoms with Crippen molar-refractivity contribution in [1.82, 2.24) is 4.90 Å². The van der Waals surface area contributed by atoms with Gasteiger partial charge in [-0.05, 0) is 25.8 Å². The largest absolute Gasteiger partial charge is 0.330 e. The van der Waals surface area contributed by atoms with Crippen molar-refractivity contribution in [3.63, 3.8) is 0 Å². The first-order valence-electron chi connectivity index (χ1n) is 5.46. The van der Waals surface area contributed by atoms with Gasteiger partial charge in [-0.25, -0.2) is 0 Å². The molecular formula is C12H20N2. The number of nitrogens with zero attached hydrogens (tertiary/aromatic N) is 1. The highest BCUT2D eigenvalue weighted by Gasteiger charge is 2.22. The molecule has 1 unspecified atom stereocenters. The van der Waals surface area contributed by atoms with Gasteiger partial charge in [-0.2, -0.15) is 0 Å². The average Bonchev–Trinajstić information content (AvgIpc) is 2.56. The molecule has 2 heteroatoms. The molecule has 1 N–H and O–H groups in total. The SMILES string of the molecule is C/C=C1/C=CN(C(CC)CCC)C1=N. The molecule has 1 rings (SSSR count).